The molecule has 4 heteroatoms. The van der Waals surface area contributed by atoms with Gasteiger partial charge >= 0.3 is 0 Å². The van der Waals surface area contributed by atoms with Crippen LogP contribution in [0.4, 0.5) is 0 Å². The second-order valence-corrected chi connectivity index (χ2v) is 8.21. The van der Waals surface area contributed by atoms with Crippen LogP contribution in [-0.2, 0) is 6.54 Å². The highest BCUT2D eigenvalue weighted by molar-refractivity contribution is 5.40. The first-order chi connectivity index (χ1) is 14.8. The van der Waals surface area contributed by atoms with Crippen molar-refractivity contribution >= 4 is 0 Å². The highest BCUT2D eigenvalue weighted by atomic mass is 16.5. The van der Waals surface area contributed by atoms with Gasteiger partial charge in [-0.2, -0.15) is 0 Å². The van der Waals surface area contributed by atoms with Crippen LogP contribution in [0.2, 0.25) is 0 Å². The molecule has 0 radical (unpaired) electrons. The minimum Gasteiger partial charge on any atom is -0.497 e. The smallest absolute Gasteiger partial charge is 0.124 e. The molecule has 2 unspecified atom stereocenters. The Morgan fingerprint density at radius 1 is 1.03 bits per heavy atom. The predicted octanol–water partition coefficient (Wildman–Crippen LogP) is 5.63. The maximum absolute atomic E-state index is 6.16. The standard InChI is InChI=1S/C26H38N2O2/c1-3-4-5-6-10-18-30-25-16-15-23(29-2)19-22(25)20-28-24-14-11-17-27-26(24)21-12-8-7-9-13-21/h7-9,12-13,15-16,19,24,26-28H,3-6,10-11,14,17-18,20H2,1-2H3. The van der Waals surface area contributed by atoms with Crippen LogP contribution in [0.25, 0.3) is 0 Å². The van der Waals surface area contributed by atoms with Crippen LogP contribution in [-0.4, -0.2) is 26.3 Å². The fourth-order valence-electron chi connectivity index (χ4n) is 4.21. The van der Waals surface area contributed by atoms with Gasteiger partial charge in [0.05, 0.1) is 13.7 Å². The Bertz CT molecular complexity index is 735. The van der Waals surface area contributed by atoms with Gasteiger partial charge in [0.2, 0.25) is 0 Å². The Labute approximate surface area is 182 Å². The third kappa shape index (κ3) is 6.75. The summed E-state index contributed by atoms with van der Waals surface area (Å²) in [6.45, 7) is 4.87. The van der Waals surface area contributed by atoms with Crippen LogP contribution in [0, 0.1) is 0 Å². The van der Waals surface area contributed by atoms with Gasteiger partial charge in [-0.1, -0.05) is 62.9 Å². The van der Waals surface area contributed by atoms with E-state index in [1.54, 1.807) is 7.11 Å². The van der Waals surface area contributed by atoms with Crippen molar-refractivity contribution in [1.29, 1.82) is 0 Å². The van der Waals surface area contributed by atoms with E-state index >= 15 is 0 Å². The second-order valence-electron chi connectivity index (χ2n) is 8.21. The monoisotopic (exact) mass is 410 g/mol. The number of rotatable bonds is 12. The van der Waals surface area contributed by atoms with E-state index in [2.05, 4.69) is 60.0 Å². The summed E-state index contributed by atoms with van der Waals surface area (Å²) in [4.78, 5) is 0. The first-order valence-corrected chi connectivity index (χ1v) is 11.6. The van der Waals surface area contributed by atoms with Gasteiger partial charge in [0.25, 0.3) is 0 Å². The first kappa shape index (κ1) is 22.6. The number of benzene rings is 2. The molecule has 1 saturated heterocycles. The fraction of sp³-hybridized carbons (Fsp3) is 0.538. The molecule has 0 spiro atoms. The summed E-state index contributed by atoms with van der Waals surface area (Å²) in [5.74, 6) is 1.85. The minimum absolute atomic E-state index is 0.341. The quantitative estimate of drug-likeness (QED) is 0.445. The molecule has 0 saturated carbocycles. The number of unbranched alkanes of at least 4 members (excludes halogenated alkanes) is 4. The molecule has 1 fully saturated rings. The van der Waals surface area contributed by atoms with Crippen molar-refractivity contribution in [1.82, 2.24) is 10.6 Å². The predicted molar refractivity (Wildman–Crippen MR) is 124 cm³/mol. The van der Waals surface area contributed by atoms with E-state index in [1.807, 2.05) is 6.07 Å². The van der Waals surface area contributed by atoms with Crippen LogP contribution >= 0.6 is 0 Å². The van der Waals surface area contributed by atoms with E-state index in [9.17, 15) is 0 Å². The highest BCUT2D eigenvalue weighted by Gasteiger charge is 2.25. The summed E-state index contributed by atoms with van der Waals surface area (Å²) in [5.41, 5.74) is 2.52. The van der Waals surface area contributed by atoms with Crippen molar-refractivity contribution in [2.75, 3.05) is 20.3 Å². The molecule has 2 atom stereocenters. The maximum Gasteiger partial charge on any atom is 0.124 e. The van der Waals surface area contributed by atoms with Gasteiger partial charge in [0.1, 0.15) is 11.5 Å². The molecule has 2 aromatic carbocycles. The Balaban J connectivity index is 1.61. The van der Waals surface area contributed by atoms with Gasteiger partial charge in [0, 0.05) is 24.2 Å². The van der Waals surface area contributed by atoms with E-state index in [4.69, 9.17) is 9.47 Å². The summed E-state index contributed by atoms with van der Waals surface area (Å²) in [6, 6.07) is 17.6. The third-order valence-electron chi connectivity index (χ3n) is 5.95. The summed E-state index contributed by atoms with van der Waals surface area (Å²) in [5, 5.41) is 7.50. The molecule has 0 bridgehead atoms. The van der Waals surface area contributed by atoms with Crippen LogP contribution in [0.15, 0.2) is 48.5 Å². The molecular formula is C26H38N2O2. The SMILES string of the molecule is CCCCCCCOc1ccc(OC)cc1CNC1CCCNC1c1ccccc1. The zero-order valence-corrected chi connectivity index (χ0v) is 18.7. The van der Waals surface area contributed by atoms with Crippen LogP contribution in [0.5, 0.6) is 11.5 Å². The molecule has 2 N–H and O–H groups in total. The first-order valence-electron chi connectivity index (χ1n) is 11.6. The van der Waals surface area contributed by atoms with E-state index in [1.165, 1.54) is 49.7 Å². The molecule has 1 heterocycles. The maximum atomic E-state index is 6.16. The lowest BCUT2D eigenvalue weighted by Crippen LogP contribution is -2.45. The van der Waals surface area contributed by atoms with Gasteiger partial charge in [-0.3, -0.25) is 0 Å². The van der Waals surface area contributed by atoms with Crippen molar-refractivity contribution < 1.29 is 9.47 Å². The number of hydrogen-bond acceptors (Lipinski definition) is 4. The zero-order chi connectivity index (χ0) is 21.0. The highest BCUT2D eigenvalue weighted by Crippen LogP contribution is 2.27. The van der Waals surface area contributed by atoms with Gasteiger partial charge in [-0.05, 0) is 49.6 Å². The second kappa shape index (κ2) is 12.6. The van der Waals surface area contributed by atoms with Crippen LogP contribution < -0.4 is 20.1 Å². The lowest BCUT2D eigenvalue weighted by Gasteiger charge is -2.34. The number of piperidine rings is 1. The Hall–Kier alpha value is -2.04. The molecule has 1 aliphatic heterocycles. The minimum atomic E-state index is 0.341. The average Bonchev–Trinajstić information content (AvgIpc) is 2.81. The fourth-order valence-corrected chi connectivity index (χ4v) is 4.21. The van der Waals surface area contributed by atoms with Crippen molar-refractivity contribution in [3.63, 3.8) is 0 Å². The van der Waals surface area contributed by atoms with Crippen molar-refractivity contribution in [2.24, 2.45) is 0 Å². The Morgan fingerprint density at radius 3 is 2.67 bits per heavy atom. The van der Waals surface area contributed by atoms with E-state index in [0.717, 1.165) is 37.6 Å². The molecule has 0 aliphatic carbocycles. The van der Waals surface area contributed by atoms with Gasteiger partial charge in [0.15, 0.2) is 0 Å². The van der Waals surface area contributed by atoms with Crippen molar-refractivity contribution in [3.05, 3.63) is 59.7 Å². The topological polar surface area (TPSA) is 42.5 Å². The van der Waals surface area contributed by atoms with Gasteiger partial charge in [-0.15, -0.1) is 0 Å². The van der Waals surface area contributed by atoms with E-state index < -0.39 is 0 Å². The molecule has 2 aromatic rings. The normalized spacial score (nSPS) is 18.9. The summed E-state index contributed by atoms with van der Waals surface area (Å²) >= 11 is 0. The summed E-state index contributed by atoms with van der Waals surface area (Å²) < 4.78 is 11.6. The molecule has 0 aromatic heterocycles. The number of hydrogen-bond donors (Lipinski definition) is 2. The average molecular weight is 411 g/mol. The van der Waals surface area contributed by atoms with E-state index in [0.29, 0.717) is 12.1 Å². The third-order valence-corrected chi connectivity index (χ3v) is 5.95. The van der Waals surface area contributed by atoms with Crippen LogP contribution in [0.1, 0.15) is 69.0 Å². The van der Waals surface area contributed by atoms with Gasteiger partial charge < -0.3 is 20.1 Å². The lowest BCUT2D eigenvalue weighted by molar-refractivity contribution is 0.289. The molecule has 4 nitrogen and oxygen atoms in total. The molecule has 1 aliphatic rings. The molecule has 30 heavy (non-hydrogen) atoms. The lowest BCUT2D eigenvalue weighted by atomic mass is 9.92. The zero-order valence-electron chi connectivity index (χ0n) is 18.7. The Morgan fingerprint density at radius 2 is 1.87 bits per heavy atom. The summed E-state index contributed by atoms with van der Waals surface area (Å²) in [7, 11) is 1.72. The Kier molecular flexibility index (Phi) is 9.52. The van der Waals surface area contributed by atoms with Crippen molar-refractivity contribution in [3.8, 4) is 11.5 Å². The number of nitrogens with one attached hydrogen (secondary N) is 2. The largest absolute Gasteiger partial charge is 0.497 e. The number of ether oxygens (including phenoxy) is 2. The van der Waals surface area contributed by atoms with Crippen molar-refractivity contribution in [2.45, 2.75) is 70.5 Å². The number of methoxy groups -OCH3 is 1. The molecular weight excluding hydrogens is 372 g/mol. The van der Waals surface area contributed by atoms with E-state index in [-0.39, 0.29) is 0 Å². The van der Waals surface area contributed by atoms with Crippen LogP contribution in [0.3, 0.4) is 0 Å². The molecule has 0 amide bonds. The molecule has 164 valence electrons. The summed E-state index contributed by atoms with van der Waals surface area (Å²) in [6.07, 6.45) is 8.60. The molecule has 3 rings (SSSR count). The van der Waals surface area contributed by atoms with Gasteiger partial charge in [-0.25, -0.2) is 0 Å².